The Balaban J connectivity index is 1.90. The molecule has 0 spiro atoms. The van der Waals surface area contributed by atoms with Gasteiger partial charge in [-0.2, -0.15) is 0 Å². The number of rotatable bonds is 5. The van der Waals surface area contributed by atoms with Crippen LogP contribution >= 0.6 is 0 Å². The highest BCUT2D eigenvalue weighted by Crippen LogP contribution is 2.02. The molecule has 0 aliphatic carbocycles. The summed E-state index contributed by atoms with van der Waals surface area (Å²) in [4.78, 5) is 2.32. The summed E-state index contributed by atoms with van der Waals surface area (Å²) in [5.41, 5.74) is 0. The first-order valence-corrected chi connectivity index (χ1v) is 4.57. The Bertz CT molecular complexity index is 121. The van der Waals surface area contributed by atoms with Crippen LogP contribution in [-0.4, -0.2) is 18.1 Å². The fourth-order valence-electron chi connectivity index (χ4n) is 1.28. The first-order chi connectivity index (χ1) is 5.43. The second-order valence-corrected chi connectivity index (χ2v) is 3.05. The average Bonchev–Trinajstić information content (AvgIpc) is 2.50. The number of unbranched alkanes of at least 4 members (excludes halogenated alkanes) is 3. The summed E-state index contributed by atoms with van der Waals surface area (Å²) in [6.45, 7) is 4.47. The van der Waals surface area contributed by atoms with Crippen molar-refractivity contribution in [2.24, 2.45) is 0 Å². The molecular weight excluding hydrogens is 136 g/mol. The Morgan fingerprint density at radius 3 is 2.91 bits per heavy atom. The van der Waals surface area contributed by atoms with Crippen molar-refractivity contribution >= 4 is 0 Å². The summed E-state index contributed by atoms with van der Waals surface area (Å²) in [6.07, 6.45) is 9.56. The van der Waals surface area contributed by atoms with Crippen molar-refractivity contribution in [1.29, 1.82) is 0 Å². The standard InChI is InChI=1S/C9H18N2/c1-2-3-4-5-7-11-8-6-10-9-11/h6,8,10H,2-5,7,9H2,1H3. The van der Waals surface area contributed by atoms with E-state index in [2.05, 4.69) is 23.3 Å². The van der Waals surface area contributed by atoms with Gasteiger partial charge in [-0.25, -0.2) is 0 Å². The van der Waals surface area contributed by atoms with E-state index in [-0.39, 0.29) is 0 Å². The molecule has 1 N–H and O–H groups in total. The van der Waals surface area contributed by atoms with Crippen LogP contribution in [0.2, 0.25) is 0 Å². The second kappa shape index (κ2) is 5.05. The number of hydrogen-bond donors (Lipinski definition) is 1. The van der Waals surface area contributed by atoms with Gasteiger partial charge in [0.15, 0.2) is 0 Å². The highest BCUT2D eigenvalue weighted by atomic mass is 15.2. The molecule has 0 saturated heterocycles. The fraction of sp³-hybridized carbons (Fsp3) is 0.778. The van der Waals surface area contributed by atoms with Crippen LogP contribution in [0.15, 0.2) is 12.4 Å². The Morgan fingerprint density at radius 1 is 1.36 bits per heavy atom. The normalized spacial score (nSPS) is 15.5. The van der Waals surface area contributed by atoms with Gasteiger partial charge in [0.25, 0.3) is 0 Å². The van der Waals surface area contributed by atoms with Gasteiger partial charge >= 0.3 is 0 Å². The molecule has 1 rings (SSSR count). The molecule has 64 valence electrons. The van der Waals surface area contributed by atoms with Crippen LogP contribution in [-0.2, 0) is 0 Å². The number of nitrogens with zero attached hydrogens (tertiary/aromatic N) is 1. The molecule has 11 heavy (non-hydrogen) atoms. The molecule has 0 saturated carbocycles. The van der Waals surface area contributed by atoms with Crippen LogP contribution in [0.4, 0.5) is 0 Å². The van der Waals surface area contributed by atoms with Gasteiger partial charge in [-0.05, 0) is 6.42 Å². The number of nitrogens with one attached hydrogen (secondary N) is 1. The van der Waals surface area contributed by atoms with Crippen molar-refractivity contribution in [2.45, 2.75) is 32.6 Å². The molecule has 0 unspecified atom stereocenters. The molecule has 1 aliphatic rings. The van der Waals surface area contributed by atoms with Gasteiger partial charge < -0.3 is 10.2 Å². The third-order valence-corrected chi connectivity index (χ3v) is 2.00. The molecule has 1 aliphatic heterocycles. The quantitative estimate of drug-likeness (QED) is 0.608. The molecule has 2 heteroatoms. The molecule has 0 aromatic rings. The smallest absolute Gasteiger partial charge is 0.0867 e. The third-order valence-electron chi connectivity index (χ3n) is 2.00. The van der Waals surface area contributed by atoms with E-state index in [1.807, 2.05) is 6.20 Å². The predicted octanol–water partition coefficient (Wildman–Crippen LogP) is 1.90. The number of hydrogen-bond acceptors (Lipinski definition) is 2. The van der Waals surface area contributed by atoms with E-state index in [9.17, 15) is 0 Å². The summed E-state index contributed by atoms with van der Waals surface area (Å²) >= 11 is 0. The Morgan fingerprint density at radius 2 is 2.27 bits per heavy atom. The Labute approximate surface area is 69.3 Å². The maximum Gasteiger partial charge on any atom is 0.0867 e. The lowest BCUT2D eigenvalue weighted by Crippen LogP contribution is -2.21. The van der Waals surface area contributed by atoms with E-state index >= 15 is 0 Å². The Kier molecular flexibility index (Phi) is 3.87. The van der Waals surface area contributed by atoms with Gasteiger partial charge in [-0.3, -0.25) is 0 Å². The van der Waals surface area contributed by atoms with Crippen molar-refractivity contribution in [3.63, 3.8) is 0 Å². The zero-order valence-electron chi connectivity index (χ0n) is 7.34. The van der Waals surface area contributed by atoms with Gasteiger partial charge in [0, 0.05) is 18.9 Å². The van der Waals surface area contributed by atoms with Crippen molar-refractivity contribution in [3.05, 3.63) is 12.4 Å². The van der Waals surface area contributed by atoms with Crippen molar-refractivity contribution in [1.82, 2.24) is 10.2 Å². The monoisotopic (exact) mass is 154 g/mol. The van der Waals surface area contributed by atoms with Gasteiger partial charge in [-0.15, -0.1) is 0 Å². The summed E-state index contributed by atoms with van der Waals surface area (Å²) < 4.78 is 0. The lowest BCUT2D eigenvalue weighted by Gasteiger charge is -2.13. The second-order valence-electron chi connectivity index (χ2n) is 3.05. The van der Waals surface area contributed by atoms with Crippen molar-refractivity contribution in [3.8, 4) is 0 Å². The first kappa shape index (κ1) is 8.44. The lowest BCUT2D eigenvalue weighted by molar-refractivity contribution is 0.376. The highest BCUT2D eigenvalue weighted by Gasteiger charge is 2.00. The van der Waals surface area contributed by atoms with Crippen LogP contribution < -0.4 is 5.32 Å². The summed E-state index contributed by atoms with van der Waals surface area (Å²) in [5.74, 6) is 0. The highest BCUT2D eigenvalue weighted by molar-refractivity contribution is 4.86. The van der Waals surface area contributed by atoms with Crippen LogP contribution in [0, 0.1) is 0 Å². The average molecular weight is 154 g/mol. The first-order valence-electron chi connectivity index (χ1n) is 4.57. The van der Waals surface area contributed by atoms with Crippen LogP contribution in [0.1, 0.15) is 32.6 Å². The maximum atomic E-state index is 3.16. The van der Waals surface area contributed by atoms with Crippen LogP contribution in [0.3, 0.4) is 0 Å². The molecule has 1 heterocycles. The minimum absolute atomic E-state index is 1.01. The molecule has 0 fully saturated rings. The predicted molar refractivity (Wildman–Crippen MR) is 48.0 cm³/mol. The van der Waals surface area contributed by atoms with Gasteiger partial charge in [-0.1, -0.05) is 26.2 Å². The SMILES string of the molecule is CCCCCCN1C=CNC1. The minimum Gasteiger partial charge on any atom is -0.373 e. The molecule has 0 bridgehead atoms. The molecule has 2 nitrogen and oxygen atoms in total. The molecular formula is C9H18N2. The largest absolute Gasteiger partial charge is 0.373 e. The summed E-state index contributed by atoms with van der Waals surface area (Å²) in [7, 11) is 0. The Hall–Kier alpha value is -0.660. The maximum absolute atomic E-state index is 3.16. The minimum atomic E-state index is 1.01. The van der Waals surface area contributed by atoms with Crippen molar-refractivity contribution < 1.29 is 0 Å². The lowest BCUT2D eigenvalue weighted by atomic mass is 10.2. The van der Waals surface area contributed by atoms with E-state index < -0.39 is 0 Å². The molecule has 0 atom stereocenters. The van der Waals surface area contributed by atoms with E-state index in [0.29, 0.717) is 0 Å². The van der Waals surface area contributed by atoms with E-state index in [1.54, 1.807) is 0 Å². The van der Waals surface area contributed by atoms with Gasteiger partial charge in [0.2, 0.25) is 0 Å². The van der Waals surface area contributed by atoms with Gasteiger partial charge in [0.05, 0.1) is 6.67 Å². The topological polar surface area (TPSA) is 15.3 Å². The molecule has 0 amide bonds. The van der Waals surface area contributed by atoms with E-state index in [1.165, 1.54) is 32.2 Å². The third kappa shape index (κ3) is 3.30. The zero-order chi connectivity index (χ0) is 7.94. The van der Waals surface area contributed by atoms with Gasteiger partial charge in [0.1, 0.15) is 0 Å². The molecule has 0 aromatic carbocycles. The zero-order valence-corrected chi connectivity index (χ0v) is 7.34. The molecule has 0 aromatic heterocycles. The van der Waals surface area contributed by atoms with Crippen LogP contribution in [0.5, 0.6) is 0 Å². The summed E-state index contributed by atoms with van der Waals surface area (Å²) in [5, 5.41) is 3.16. The van der Waals surface area contributed by atoms with E-state index in [0.717, 1.165) is 6.67 Å². The van der Waals surface area contributed by atoms with E-state index in [4.69, 9.17) is 0 Å². The summed E-state index contributed by atoms with van der Waals surface area (Å²) in [6, 6.07) is 0. The van der Waals surface area contributed by atoms with Crippen molar-refractivity contribution in [2.75, 3.05) is 13.2 Å². The molecule has 0 radical (unpaired) electrons. The fourth-order valence-corrected chi connectivity index (χ4v) is 1.28. The van der Waals surface area contributed by atoms with Crippen LogP contribution in [0.25, 0.3) is 0 Å².